The van der Waals surface area contributed by atoms with Crippen molar-refractivity contribution in [2.24, 2.45) is 0 Å². The van der Waals surface area contributed by atoms with Crippen molar-refractivity contribution >= 4 is 49.8 Å². The number of rotatable bonds is 5. The summed E-state index contributed by atoms with van der Waals surface area (Å²) in [4.78, 5) is 1.92. The normalized spacial score (nSPS) is 12.6. The van der Waals surface area contributed by atoms with Gasteiger partial charge in [-0.1, -0.05) is 23.5 Å². The van der Waals surface area contributed by atoms with E-state index in [0.29, 0.717) is 0 Å². The topological polar surface area (TPSA) is 80.3 Å². The molecule has 2 aromatic carbocycles. The fourth-order valence-corrected chi connectivity index (χ4v) is 4.63. The third-order valence-electron chi connectivity index (χ3n) is 4.87. The molecule has 0 aliphatic rings. The number of hydrogen-bond donors (Lipinski definition) is 2. The fraction of sp³-hybridized carbons (Fsp3) is 0.150. The van der Waals surface area contributed by atoms with Gasteiger partial charge in [0.05, 0.1) is 11.6 Å². The van der Waals surface area contributed by atoms with Crippen molar-refractivity contribution in [2.75, 3.05) is 11.6 Å². The highest BCUT2D eigenvalue weighted by molar-refractivity contribution is 7.98. The molecule has 5 rings (SSSR count). The Labute approximate surface area is 175 Å². The molecule has 0 bridgehead atoms. The summed E-state index contributed by atoms with van der Waals surface area (Å²) in [6.45, 7) is 2.05. The number of aromatic nitrogens is 5. The molecule has 29 heavy (non-hydrogen) atoms. The maximum atomic E-state index is 10.1. The van der Waals surface area contributed by atoms with Crippen molar-refractivity contribution in [3.63, 3.8) is 0 Å². The van der Waals surface area contributed by atoms with Crippen LogP contribution < -0.4 is 5.32 Å². The zero-order chi connectivity index (χ0) is 20.0. The lowest BCUT2D eigenvalue weighted by molar-refractivity contribution is 0.481. The van der Waals surface area contributed by atoms with Crippen LogP contribution in [0, 0.1) is 0 Å². The van der Waals surface area contributed by atoms with Crippen LogP contribution in [0.2, 0.25) is 0 Å². The first kappa shape index (κ1) is 18.0. The lowest BCUT2D eigenvalue weighted by Crippen LogP contribution is -2.10. The Balaban J connectivity index is 1.50. The SMILES string of the molecule is CSc1cccc(Nc2nn3c(C(C)n4ccc5c(O)cccc54)nnc3s2)c1. The number of anilines is 2. The monoisotopic (exact) mass is 422 g/mol. The van der Waals surface area contributed by atoms with Gasteiger partial charge in [0.25, 0.3) is 0 Å². The largest absolute Gasteiger partial charge is 0.507 e. The number of nitrogens with zero attached hydrogens (tertiary/aromatic N) is 5. The number of phenols is 1. The molecular formula is C20H18N6OS2. The average molecular weight is 423 g/mol. The van der Waals surface area contributed by atoms with Gasteiger partial charge in [0.15, 0.2) is 5.82 Å². The second kappa shape index (κ2) is 7.09. The van der Waals surface area contributed by atoms with E-state index in [2.05, 4.69) is 43.6 Å². The van der Waals surface area contributed by atoms with Crippen molar-refractivity contribution in [3.8, 4) is 5.75 Å². The standard InChI is InChI=1S/C20H18N6OS2/c1-12(25-10-9-15-16(25)7-4-8-17(15)27)18-22-23-20-26(18)24-19(29-20)21-13-5-3-6-14(11-13)28-2/h3-12,27H,1-2H3,(H,21,24). The summed E-state index contributed by atoms with van der Waals surface area (Å²) < 4.78 is 3.85. The lowest BCUT2D eigenvalue weighted by atomic mass is 10.2. The molecule has 0 saturated heterocycles. The lowest BCUT2D eigenvalue weighted by Gasteiger charge is -2.12. The number of fused-ring (bicyclic) bond motifs is 2. The summed E-state index contributed by atoms with van der Waals surface area (Å²) >= 11 is 3.16. The van der Waals surface area contributed by atoms with Crippen LogP contribution in [0.3, 0.4) is 0 Å². The van der Waals surface area contributed by atoms with Crippen molar-refractivity contribution in [2.45, 2.75) is 17.9 Å². The number of phenolic OH excluding ortho intramolecular Hbond substituents is 1. The predicted octanol–water partition coefficient (Wildman–Crippen LogP) is 4.92. The Kier molecular flexibility index (Phi) is 4.40. The van der Waals surface area contributed by atoms with Crippen molar-refractivity contribution in [1.82, 2.24) is 24.4 Å². The maximum Gasteiger partial charge on any atom is 0.236 e. The highest BCUT2D eigenvalue weighted by atomic mass is 32.2. The Morgan fingerprint density at radius 1 is 1.14 bits per heavy atom. The van der Waals surface area contributed by atoms with E-state index in [9.17, 15) is 5.11 Å². The van der Waals surface area contributed by atoms with Crippen molar-refractivity contribution in [3.05, 3.63) is 60.6 Å². The van der Waals surface area contributed by atoms with Gasteiger partial charge in [-0.3, -0.25) is 0 Å². The molecule has 1 unspecified atom stereocenters. The molecule has 2 N–H and O–H groups in total. The molecule has 3 heterocycles. The minimum Gasteiger partial charge on any atom is -0.507 e. The molecule has 0 radical (unpaired) electrons. The summed E-state index contributed by atoms with van der Waals surface area (Å²) in [5.41, 5.74) is 1.93. The zero-order valence-electron chi connectivity index (χ0n) is 15.8. The van der Waals surface area contributed by atoms with E-state index in [1.807, 2.05) is 43.5 Å². The number of thioether (sulfide) groups is 1. The van der Waals surface area contributed by atoms with E-state index < -0.39 is 0 Å². The van der Waals surface area contributed by atoms with E-state index in [1.165, 1.54) is 16.2 Å². The van der Waals surface area contributed by atoms with Gasteiger partial charge in [0, 0.05) is 22.2 Å². The summed E-state index contributed by atoms with van der Waals surface area (Å²) in [5, 5.41) is 28.4. The Hall–Kier alpha value is -3.04. The van der Waals surface area contributed by atoms with Gasteiger partial charge in [-0.15, -0.1) is 27.1 Å². The quantitative estimate of drug-likeness (QED) is 0.391. The van der Waals surface area contributed by atoms with Gasteiger partial charge < -0.3 is 15.0 Å². The average Bonchev–Trinajstić information content (AvgIpc) is 3.42. The molecular weight excluding hydrogens is 404 g/mol. The van der Waals surface area contributed by atoms with E-state index in [4.69, 9.17) is 0 Å². The highest BCUT2D eigenvalue weighted by Gasteiger charge is 2.20. The molecule has 0 aliphatic carbocycles. The van der Waals surface area contributed by atoms with Gasteiger partial charge in [-0.2, -0.15) is 4.52 Å². The first-order valence-electron chi connectivity index (χ1n) is 9.06. The number of benzene rings is 2. The van der Waals surface area contributed by atoms with Gasteiger partial charge in [-0.25, -0.2) is 0 Å². The van der Waals surface area contributed by atoms with Gasteiger partial charge in [0.2, 0.25) is 10.1 Å². The molecule has 146 valence electrons. The van der Waals surface area contributed by atoms with Gasteiger partial charge in [0.1, 0.15) is 5.75 Å². The summed E-state index contributed by atoms with van der Waals surface area (Å²) in [6, 6.07) is 15.5. The number of aromatic hydroxyl groups is 1. The third-order valence-corrected chi connectivity index (χ3v) is 6.41. The van der Waals surface area contributed by atoms with E-state index in [0.717, 1.165) is 32.5 Å². The Morgan fingerprint density at radius 2 is 2.00 bits per heavy atom. The van der Waals surface area contributed by atoms with Crippen LogP contribution in [-0.4, -0.2) is 35.7 Å². The molecule has 0 aliphatic heterocycles. The summed E-state index contributed by atoms with van der Waals surface area (Å²) in [7, 11) is 0. The van der Waals surface area contributed by atoms with E-state index in [1.54, 1.807) is 22.3 Å². The molecule has 0 fully saturated rings. The molecule has 0 amide bonds. The van der Waals surface area contributed by atoms with Crippen LogP contribution in [0.1, 0.15) is 18.8 Å². The molecule has 5 aromatic rings. The molecule has 7 nitrogen and oxygen atoms in total. The number of hydrogen-bond acceptors (Lipinski definition) is 7. The van der Waals surface area contributed by atoms with Crippen molar-refractivity contribution in [1.29, 1.82) is 0 Å². The third kappa shape index (κ3) is 3.12. The first-order valence-corrected chi connectivity index (χ1v) is 11.1. The molecule has 0 spiro atoms. The second-order valence-corrected chi connectivity index (χ2v) is 8.46. The van der Waals surface area contributed by atoms with Crippen LogP contribution in [-0.2, 0) is 0 Å². The predicted molar refractivity (Wildman–Crippen MR) is 118 cm³/mol. The van der Waals surface area contributed by atoms with E-state index in [-0.39, 0.29) is 11.8 Å². The Morgan fingerprint density at radius 3 is 2.86 bits per heavy atom. The smallest absolute Gasteiger partial charge is 0.236 e. The highest BCUT2D eigenvalue weighted by Crippen LogP contribution is 2.31. The molecule has 9 heteroatoms. The van der Waals surface area contributed by atoms with Crippen LogP contribution >= 0.6 is 23.1 Å². The first-order chi connectivity index (χ1) is 14.1. The molecule has 1 atom stereocenters. The number of nitrogens with one attached hydrogen (secondary N) is 1. The summed E-state index contributed by atoms with van der Waals surface area (Å²) in [5.74, 6) is 1.01. The maximum absolute atomic E-state index is 10.1. The van der Waals surface area contributed by atoms with Gasteiger partial charge >= 0.3 is 0 Å². The van der Waals surface area contributed by atoms with Crippen LogP contribution in [0.5, 0.6) is 5.75 Å². The van der Waals surface area contributed by atoms with Crippen LogP contribution in [0.4, 0.5) is 10.8 Å². The second-order valence-electron chi connectivity index (χ2n) is 6.63. The molecule has 0 saturated carbocycles. The molecule has 3 aromatic heterocycles. The zero-order valence-corrected chi connectivity index (χ0v) is 17.4. The van der Waals surface area contributed by atoms with E-state index >= 15 is 0 Å². The van der Waals surface area contributed by atoms with Crippen LogP contribution in [0.25, 0.3) is 15.9 Å². The minimum absolute atomic E-state index is 0.0981. The Bertz CT molecular complexity index is 1320. The van der Waals surface area contributed by atoms with Crippen molar-refractivity contribution < 1.29 is 5.11 Å². The van der Waals surface area contributed by atoms with Crippen LogP contribution in [0.15, 0.2) is 59.6 Å². The minimum atomic E-state index is -0.0981. The fourth-order valence-electron chi connectivity index (χ4n) is 3.40. The summed E-state index contributed by atoms with van der Waals surface area (Å²) in [6.07, 6.45) is 4.01. The van der Waals surface area contributed by atoms with Gasteiger partial charge in [-0.05, 0) is 49.6 Å².